The molecule has 0 unspecified atom stereocenters. The molecular formula is C22H19ClN2O4S. The summed E-state index contributed by atoms with van der Waals surface area (Å²) in [5.74, 6) is -3.13. The predicted octanol–water partition coefficient (Wildman–Crippen LogP) is 3.84. The minimum Gasteiger partial charge on any atom is -0.291 e. The molecule has 3 amide bonds. The average molecular weight is 443 g/mol. The van der Waals surface area contributed by atoms with Crippen LogP contribution in [-0.2, 0) is 9.59 Å². The zero-order valence-electron chi connectivity index (χ0n) is 16.2. The molecule has 30 heavy (non-hydrogen) atoms. The van der Waals surface area contributed by atoms with Crippen molar-refractivity contribution in [2.75, 3.05) is 6.54 Å². The van der Waals surface area contributed by atoms with Crippen molar-refractivity contribution in [3.8, 4) is 0 Å². The van der Waals surface area contributed by atoms with Gasteiger partial charge in [-0.05, 0) is 35.9 Å². The Morgan fingerprint density at radius 1 is 1.17 bits per heavy atom. The second-order valence-electron chi connectivity index (χ2n) is 7.39. The maximum absolute atomic E-state index is 13.4. The number of ketones is 1. The molecule has 2 aliphatic rings. The second kappa shape index (κ2) is 8.16. The Kier molecular flexibility index (Phi) is 5.58. The van der Waals surface area contributed by atoms with Crippen LogP contribution in [-0.4, -0.2) is 40.1 Å². The summed E-state index contributed by atoms with van der Waals surface area (Å²) in [5, 5.41) is 3.76. The smallest absolute Gasteiger partial charge is 0.274 e. The molecule has 0 spiro atoms. The molecule has 2 heterocycles. The summed E-state index contributed by atoms with van der Waals surface area (Å²) >= 11 is 7.43. The van der Waals surface area contributed by atoms with E-state index < -0.39 is 36.1 Å². The predicted molar refractivity (Wildman–Crippen MR) is 113 cm³/mol. The molecule has 154 valence electrons. The summed E-state index contributed by atoms with van der Waals surface area (Å²) in [5.41, 5.74) is 0.125. The van der Waals surface area contributed by atoms with Gasteiger partial charge in [0.15, 0.2) is 5.78 Å². The SMILES string of the molecule is C[C@@H]1C=CC[C@H]2C(=O)N(N(CC(=O)c3cccs3)C(=O)c3ccccc3Cl)C(=O)[C@@H]12. The monoisotopic (exact) mass is 442 g/mol. The van der Waals surface area contributed by atoms with Crippen molar-refractivity contribution < 1.29 is 19.2 Å². The minimum absolute atomic E-state index is 0.125. The van der Waals surface area contributed by atoms with Crippen LogP contribution in [0.1, 0.15) is 33.4 Å². The first kappa shape index (κ1) is 20.5. The van der Waals surface area contributed by atoms with Crippen LogP contribution in [0.15, 0.2) is 53.9 Å². The van der Waals surface area contributed by atoms with Crippen molar-refractivity contribution >= 4 is 46.4 Å². The molecule has 1 saturated heterocycles. The number of allylic oxidation sites excluding steroid dienone is 2. The maximum Gasteiger partial charge on any atom is 0.274 e. The lowest BCUT2D eigenvalue weighted by atomic mass is 9.78. The van der Waals surface area contributed by atoms with E-state index in [-0.39, 0.29) is 22.3 Å². The van der Waals surface area contributed by atoms with Crippen LogP contribution in [0.4, 0.5) is 0 Å². The largest absolute Gasteiger partial charge is 0.291 e. The zero-order valence-corrected chi connectivity index (χ0v) is 17.7. The van der Waals surface area contributed by atoms with E-state index >= 15 is 0 Å². The number of benzene rings is 1. The molecule has 8 heteroatoms. The van der Waals surface area contributed by atoms with Crippen LogP contribution >= 0.6 is 22.9 Å². The lowest BCUT2D eigenvalue weighted by Gasteiger charge is -2.30. The molecule has 1 aromatic heterocycles. The number of Topliss-reactive ketones (excluding diaryl/α,β-unsaturated/α-hetero) is 1. The zero-order chi connectivity index (χ0) is 21.4. The normalized spacial score (nSPS) is 22.9. The van der Waals surface area contributed by atoms with Crippen molar-refractivity contribution in [3.05, 3.63) is 69.4 Å². The minimum atomic E-state index is -0.661. The van der Waals surface area contributed by atoms with Crippen molar-refractivity contribution in [3.63, 3.8) is 0 Å². The Morgan fingerprint density at radius 3 is 2.60 bits per heavy atom. The van der Waals surface area contributed by atoms with Gasteiger partial charge in [0.2, 0.25) is 0 Å². The summed E-state index contributed by atoms with van der Waals surface area (Å²) in [6.45, 7) is 1.45. The summed E-state index contributed by atoms with van der Waals surface area (Å²) in [6.07, 6.45) is 4.23. The first-order valence-electron chi connectivity index (χ1n) is 9.57. The van der Waals surface area contributed by atoms with Crippen molar-refractivity contribution in [2.24, 2.45) is 17.8 Å². The van der Waals surface area contributed by atoms with Gasteiger partial charge in [0, 0.05) is 0 Å². The van der Waals surface area contributed by atoms with Gasteiger partial charge in [0.1, 0.15) is 6.54 Å². The van der Waals surface area contributed by atoms with E-state index in [9.17, 15) is 19.2 Å². The van der Waals surface area contributed by atoms with Gasteiger partial charge in [0.25, 0.3) is 17.7 Å². The van der Waals surface area contributed by atoms with Gasteiger partial charge >= 0.3 is 0 Å². The average Bonchev–Trinajstić information content (AvgIpc) is 3.35. The first-order chi connectivity index (χ1) is 14.4. The molecule has 0 N–H and O–H groups in total. The lowest BCUT2D eigenvalue weighted by molar-refractivity contribution is -0.154. The molecule has 0 bridgehead atoms. The maximum atomic E-state index is 13.4. The Bertz CT molecular complexity index is 1050. The van der Waals surface area contributed by atoms with Gasteiger partial charge in [-0.25, -0.2) is 5.01 Å². The molecule has 1 aliphatic heterocycles. The highest BCUT2D eigenvalue weighted by Crippen LogP contribution is 2.39. The number of amides is 3. The molecule has 1 fully saturated rings. The number of imide groups is 1. The van der Waals surface area contributed by atoms with E-state index in [1.54, 1.807) is 35.7 Å². The van der Waals surface area contributed by atoms with Crippen LogP contribution < -0.4 is 0 Å². The molecule has 4 rings (SSSR count). The molecule has 1 aliphatic carbocycles. The number of hydrazine groups is 1. The van der Waals surface area contributed by atoms with Gasteiger partial charge in [-0.3, -0.25) is 19.2 Å². The van der Waals surface area contributed by atoms with E-state index in [2.05, 4.69) is 0 Å². The fourth-order valence-electron chi connectivity index (χ4n) is 4.03. The molecule has 6 nitrogen and oxygen atoms in total. The molecule has 2 aromatic rings. The Hall–Kier alpha value is -2.77. The third-order valence-corrected chi connectivity index (χ3v) is 6.76. The number of fused-ring (bicyclic) bond motifs is 1. The van der Waals surface area contributed by atoms with E-state index in [0.717, 1.165) is 10.0 Å². The van der Waals surface area contributed by atoms with Gasteiger partial charge in [-0.15, -0.1) is 11.3 Å². The number of hydrogen-bond acceptors (Lipinski definition) is 5. The Balaban J connectivity index is 1.73. The standard InChI is InChI=1S/C22H19ClN2O4S/c1-13-6-4-8-15-19(13)22(29)25(21(15)28)24(12-17(26)18-10-5-11-30-18)20(27)14-7-2-3-9-16(14)23/h2-7,9-11,13,15,19H,8,12H2,1H3/t13-,15-,19+/m1/s1. The Morgan fingerprint density at radius 2 is 1.93 bits per heavy atom. The number of carbonyl (C=O) groups is 4. The van der Waals surface area contributed by atoms with Crippen LogP contribution in [0.25, 0.3) is 0 Å². The van der Waals surface area contributed by atoms with Gasteiger partial charge < -0.3 is 0 Å². The van der Waals surface area contributed by atoms with Crippen molar-refractivity contribution in [1.82, 2.24) is 10.0 Å². The molecule has 0 saturated carbocycles. The third kappa shape index (κ3) is 3.48. The number of rotatable bonds is 5. The van der Waals surface area contributed by atoms with Crippen molar-refractivity contribution in [2.45, 2.75) is 13.3 Å². The van der Waals surface area contributed by atoms with E-state index in [0.29, 0.717) is 11.3 Å². The van der Waals surface area contributed by atoms with Gasteiger partial charge in [-0.2, -0.15) is 5.01 Å². The lowest BCUT2D eigenvalue weighted by Crippen LogP contribution is -2.52. The molecule has 1 aromatic carbocycles. The number of nitrogens with zero attached hydrogens (tertiary/aromatic N) is 2. The number of hydrogen-bond donors (Lipinski definition) is 0. The highest BCUT2D eigenvalue weighted by Gasteiger charge is 2.53. The second-order valence-corrected chi connectivity index (χ2v) is 8.74. The van der Waals surface area contributed by atoms with Crippen LogP contribution in [0.3, 0.4) is 0 Å². The topological polar surface area (TPSA) is 74.8 Å². The van der Waals surface area contributed by atoms with E-state index in [1.807, 2.05) is 19.1 Å². The number of thiophene rings is 1. The van der Waals surface area contributed by atoms with E-state index in [4.69, 9.17) is 11.6 Å². The summed E-state index contributed by atoms with van der Waals surface area (Å²) in [6, 6.07) is 9.74. The van der Waals surface area contributed by atoms with E-state index in [1.165, 1.54) is 17.4 Å². The number of carbonyl (C=O) groups excluding carboxylic acids is 4. The quantitative estimate of drug-likeness (QED) is 0.400. The van der Waals surface area contributed by atoms with Gasteiger partial charge in [0.05, 0.1) is 27.3 Å². The van der Waals surface area contributed by atoms with Crippen LogP contribution in [0.5, 0.6) is 0 Å². The first-order valence-corrected chi connectivity index (χ1v) is 10.8. The Labute approximate surface area is 182 Å². The molecular weight excluding hydrogens is 424 g/mol. The third-order valence-electron chi connectivity index (χ3n) is 5.52. The van der Waals surface area contributed by atoms with Crippen LogP contribution in [0.2, 0.25) is 5.02 Å². The van der Waals surface area contributed by atoms with Crippen LogP contribution in [0, 0.1) is 17.8 Å². The highest BCUT2D eigenvalue weighted by molar-refractivity contribution is 7.12. The molecule has 3 atom stereocenters. The van der Waals surface area contributed by atoms with Gasteiger partial charge in [-0.1, -0.05) is 48.9 Å². The number of halogens is 1. The summed E-state index contributed by atoms with van der Waals surface area (Å²) in [4.78, 5) is 53.0. The fourth-order valence-corrected chi connectivity index (χ4v) is 4.90. The fraction of sp³-hybridized carbons (Fsp3) is 0.273. The molecule has 0 radical (unpaired) electrons. The summed E-state index contributed by atoms with van der Waals surface area (Å²) in [7, 11) is 0. The summed E-state index contributed by atoms with van der Waals surface area (Å²) < 4.78 is 0. The highest BCUT2D eigenvalue weighted by atomic mass is 35.5. The van der Waals surface area contributed by atoms with Crippen molar-refractivity contribution in [1.29, 1.82) is 0 Å².